The van der Waals surface area contributed by atoms with Gasteiger partial charge in [0.05, 0.1) is 0 Å². The highest BCUT2D eigenvalue weighted by Crippen LogP contribution is 2.17. The van der Waals surface area contributed by atoms with Crippen LogP contribution >= 0.6 is 0 Å². The standard InChI is InChI=1S/C13H18N4O/c1-10(11-4-3-5-12(18)8-11)14-7-6-13-15-9-17(2)16-13/h3-5,8-10,14,18H,6-7H2,1-2H3. The third-order valence-corrected chi connectivity index (χ3v) is 2.82. The number of hydrogen-bond acceptors (Lipinski definition) is 4. The first-order valence-corrected chi connectivity index (χ1v) is 6.02. The zero-order valence-electron chi connectivity index (χ0n) is 10.7. The van der Waals surface area contributed by atoms with Gasteiger partial charge in [0.1, 0.15) is 12.1 Å². The molecule has 0 saturated heterocycles. The number of aromatic nitrogens is 3. The highest BCUT2D eigenvalue weighted by Gasteiger charge is 2.06. The largest absolute Gasteiger partial charge is 0.508 e. The van der Waals surface area contributed by atoms with Crippen molar-refractivity contribution < 1.29 is 5.11 Å². The molecule has 0 saturated carbocycles. The first kappa shape index (κ1) is 12.6. The number of aromatic hydroxyl groups is 1. The number of aryl methyl sites for hydroxylation is 1. The van der Waals surface area contributed by atoms with Crippen molar-refractivity contribution in [2.75, 3.05) is 6.54 Å². The summed E-state index contributed by atoms with van der Waals surface area (Å²) in [7, 11) is 1.86. The number of nitrogens with zero attached hydrogens (tertiary/aromatic N) is 3. The third-order valence-electron chi connectivity index (χ3n) is 2.82. The topological polar surface area (TPSA) is 63.0 Å². The van der Waals surface area contributed by atoms with E-state index in [-0.39, 0.29) is 6.04 Å². The molecule has 1 aromatic heterocycles. The average Bonchev–Trinajstić information content (AvgIpc) is 2.75. The smallest absolute Gasteiger partial charge is 0.151 e. The number of nitrogens with one attached hydrogen (secondary N) is 1. The van der Waals surface area contributed by atoms with Crippen molar-refractivity contribution in [3.63, 3.8) is 0 Å². The summed E-state index contributed by atoms with van der Waals surface area (Å²) in [6, 6.07) is 7.49. The molecule has 0 amide bonds. The fourth-order valence-corrected chi connectivity index (χ4v) is 1.81. The van der Waals surface area contributed by atoms with Crippen LogP contribution in [-0.2, 0) is 13.5 Å². The van der Waals surface area contributed by atoms with Crippen LogP contribution in [0.2, 0.25) is 0 Å². The predicted molar refractivity (Wildman–Crippen MR) is 69.2 cm³/mol. The normalized spacial score (nSPS) is 12.6. The summed E-state index contributed by atoms with van der Waals surface area (Å²) < 4.78 is 1.70. The maximum absolute atomic E-state index is 9.42. The molecule has 2 aromatic rings. The lowest BCUT2D eigenvalue weighted by molar-refractivity contribution is 0.472. The zero-order chi connectivity index (χ0) is 13.0. The number of phenolic OH excluding ortho intramolecular Hbond substituents is 1. The third kappa shape index (κ3) is 3.30. The van der Waals surface area contributed by atoms with Gasteiger partial charge in [-0.1, -0.05) is 12.1 Å². The van der Waals surface area contributed by atoms with Crippen molar-refractivity contribution in [3.05, 3.63) is 42.0 Å². The number of phenols is 1. The Bertz CT molecular complexity index is 509. The summed E-state index contributed by atoms with van der Waals surface area (Å²) >= 11 is 0. The molecule has 0 aliphatic heterocycles. The molecule has 96 valence electrons. The Morgan fingerprint density at radius 2 is 2.28 bits per heavy atom. The maximum Gasteiger partial charge on any atom is 0.151 e. The Labute approximate surface area is 106 Å². The second-order valence-electron chi connectivity index (χ2n) is 4.36. The van der Waals surface area contributed by atoms with Gasteiger partial charge in [0.2, 0.25) is 0 Å². The van der Waals surface area contributed by atoms with Gasteiger partial charge in [-0.25, -0.2) is 4.98 Å². The Hall–Kier alpha value is -1.88. The van der Waals surface area contributed by atoms with Gasteiger partial charge in [-0.2, -0.15) is 5.10 Å². The molecule has 0 bridgehead atoms. The summed E-state index contributed by atoms with van der Waals surface area (Å²) in [5.41, 5.74) is 1.07. The van der Waals surface area contributed by atoms with Gasteiger partial charge in [0.15, 0.2) is 5.82 Å². The zero-order valence-corrected chi connectivity index (χ0v) is 10.7. The lowest BCUT2D eigenvalue weighted by atomic mass is 10.1. The quantitative estimate of drug-likeness (QED) is 0.837. The molecule has 1 heterocycles. The predicted octanol–water partition coefficient (Wildman–Crippen LogP) is 1.41. The summed E-state index contributed by atoms with van der Waals surface area (Å²) in [6.45, 7) is 2.88. The molecule has 5 heteroatoms. The Balaban J connectivity index is 1.83. The van der Waals surface area contributed by atoms with Gasteiger partial charge < -0.3 is 10.4 Å². The lowest BCUT2D eigenvalue weighted by Crippen LogP contribution is -2.21. The molecule has 2 N–H and O–H groups in total. The van der Waals surface area contributed by atoms with Crippen molar-refractivity contribution >= 4 is 0 Å². The van der Waals surface area contributed by atoms with Crippen LogP contribution in [0.1, 0.15) is 24.4 Å². The fourth-order valence-electron chi connectivity index (χ4n) is 1.81. The molecule has 0 radical (unpaired) electrons. The second kappa shape index (κ2) is 5.64. The monoisotopic (exact) mass is 246 g/mol. The molecule has 2 rings (SSSR count). The molecule has 5 nitrogen and oxygen atoms in total. The van der Waals surface area contributed by atoms with E-state index in [0.29, 0.717) is 5.75 Å². The Morgan fingerprint density at radius 3 is 2.94 bits per heavy atom. The molecule has 1 unspecified atom stereocenters. The number of rotatable bonds is 5. The number of hydrogen-bond donors (Lipinski definition) is 2. The minimum Gasteiger partial charge on any atom is -0.508 e. The average molecular weight is 246 g/mol. The molecular weight excluding hydrogens is 228 g/mol. The van der Waals surface area contributed by atoms with Crippen molar-refractivity contribution in [1.82, 2.24) is 20.1 Å². The molecule has 18 heavy (non-hydrogen) atoms. The van der Waals surface area contributed by atoms with Gasteiger partial charge >= 0.3 is 0 Å². The van der Waals surface area contributed by atoms with Crippen molar-refractivity contribution in [3.8, 4) is 5.75 Å². The van der Waals surface area contributed by atoms with Crippen LogP contribution < -0.4 is 5.32 Å². The fraction of sp³-hybridized carbons (Fsp3) is 0.385. The van der Waals surface area contributed by atoms with Gasteiger partial charge in [-0.05, 0) is 24.6 Å². The highest BCUT2D eigenvalue weighted by atomic mass is 16.3. The molecular formula is C13H18N4O. The van der Waals surface area contributed by atoms with Crippen LogP contribution in [0.3, 0.4) is 0 Å². The van der Waals surface area contributed by atoms with Gasteiger partial charge in [0, 0.05) is 26.1 Å². The first-order valence-electron chi connectivity index (χ1n) is 6.02. The lowest BCUT2D eigenvalue weighted by Gasteiger charge is -2.13. The van der Waals surface area contributed by atoms with E-state index in [9.17, 15) is 5.11 Å². The van der Waals surface area contributed by atoms with Crippen LogP contribution in [-0.4, -0.2) is 26.4 Å². The minimum atomic E-state index is 0.195. The van der Waals surface area contributed by atoms with E-state index in [2.05, 4.69) is 22.3 Å². The Kier molecular flexibility index (Phi) is 3.94. The van der Waals surface area contributed by atoms with Crippen LogP contribution in [0.25, 0.3) is 0 Å². The van der Waals surface area contributed by atoms with E-state index in [4.69, 9.17) is 0 Å². The summed E-state index contributed by atoms with van der Waals surface area (Å²) in [5, 5.41) is 17.0. The van der Waals surface area contributed by atoms with Crippen molar-refractivity contribution in [2.24, 2.45) is 7.05 Å². The van der Waals surface area contributed by atoms with Crippen LogP contribution in [0.5, 0.6) is 5.75 Å². The van der Waals surface area contributed by atoms with E-state index in [1.165, 1.54) is 0 Å². The second-order valence-corrected chi connectivity index (χ2v) is 4.36. The van der Waals surface area contributed by atoms with Gasteiger partial charge in [-0.15, -0.1) is 0 Å². The van der Waals surface area contributed by atoms with Crippen molar-refractivity contribution in [2.45, 2.75) is 19.4 Å². The molecule has 0 fully saturated rings. The first-order chi connectivity index (χ1) is 8.65. The Morgan fingerprint density at radius 1 is 1.44 bits per heavy atom. The van der Waals surface area contributed by atoms with E-state index in [1.54, 1.807) is 23.1 Å². The van der Waals surface area contributed by atoms with Gasteiger partial charge in [0.25, 0.3) is 0 Å². The summed E-state index contributed by atoms with van der Waals surface area (Å²) in [5.74, 6) is 1.14. The van der Waals surface area contributed by atoms with Crippen molar-refractivity contribution in [1.29, 1.82) is 0 Å². The highest BCUT2D eigenvalue weighted by molar-refractivity contribution is 5.28. The van der Waals surface area contributed by atoms with E-state index in [1.807, 2.05) is 19.2 Å². The van der Waals surface area contributed by atoms with Crippen LogP contribution in [0.4, 0.5) is 0 Å². The SMILES string of the molecule is CC(NCCc1ncn(C)n1)c1cccc(O)c1. The maximum atomic E-state index is 9.42. The molecule has 0 aliphatic rings. The van der Waals surface area contributed by atoms with E-state index < -0.39 is 0 Å². The van der Waals surface area contributed by atoms with Crippen LogP contribution in [0, 0.1) is 0 Å². The molecule has 1 aromatic carbocycles. The summed E-state index contributed by atoms with van der Waals surface area (Å²) in [6.07, 6.45) is 2.50. The summed E-state index contributed by atoms with van der Waals surface area (Å²) in [4.78, 5) is 4.17. The molecule has 1 atom stereocenters. The molecule has 0 aliphatic carbocycles. The number of benzene rings is 1. The van der Waals surface area contributed by atoms with E-state index in [0.717, 1.165) is 24.4 Å². The van der Waals surface area contributed by atoms with E-state index >= 15 is 0 Å². The van der Waals surface area contributed by atoms with Gasteiger partial charge in [-0.3, -0.25) is 4.68 Å². The van der Waals surface area contributed by atoms with Crippen LogP contribution in [0.15, 0.2) is 30.6 Å². The minimum absolute atomic E-state index is 0.195. The molecule has 0 spiro atoms.